The highest BCUT2D eigenvalue weighted by Crippen LogP contribution is 2.26. The SMILES string of the molecule is CN1C(=O)C2C(=NC3=[N+]2CCS3)N(C)C1=O. The van der Waals surface area contributed by atoms with Gasteiger partial charge in [-0.1, -0.05) is 0 Å². The van der Waals surface area contributed by atoms with Crippen LogP contribution in [0.15, 0.2) is 4.99 Å². The molecule has 0 aliphatic carbocycles. The highest BCUT2D eigenvalue weighted by Gasteiger charge is 2.54. The van der Waals surface area contributed by atoms with Crippen LogP contribution in [0.5, 0.6) is 0 Å². The third-order valence-electron chi connectivity index (χ3n) is 3.06. The van der Waals surface area contributed by atoms with Crippen LogP contribution in [-0.2, 0) is 4.79 Å². The number of amidine groups is 2. The van der Waals surface area contributed by atoms with Gasteiger partial charge in [0.1, 0.15) is 0 Å². The summed E-state index contributed by atoms with van der Waals surface area (Å²) in [5, 5.41) is 0.864. The molecule has 16 heavy (non-hydrogen) atoms. The largest absolute Gasteiger partial charge is 0.358 e. The number of thioether (sulfide) groups is 1. The molecule has 0 aromatic carbocycles. The minimum Gasteiger partial charge on any atom is -0.269 e. The maximum absolute atomic E-state index is 12.0. The standard InChI is InChI=1S/C9H11N4O2S/c1-11-6-5(7(14)12(2)9(11)15)13-3-4-16-8(13)10-6/h5H,3-4H2,1-2H3/q+1. The number of likely N-dealkylation sites (N-methyl/N-ethyl adjacent to an activating group) is 2. The van der Waals surface area contributed by atoms with Gasteiger partial charge in [0, 0.05) is 19.8 Å². The molecule has 3 amide bonds. The predicted octanol–water partition coefficient (Wildman–Crippen LogP) is -0.594. The molecule has 0 radical (unpaired) electrons. The molecule has 0 aromatic rings. The number of rotatable bonds is 0. The number of aliphatic imine (C=N–C) groups is 1. The van der Waals surface area contributed by atoms with E-state index < -0.39 is 6.04 Å². The fourth-order valence-electron chi connectivity index (χ4n) is 2.15. The highest BCUT2D eigenvalue weighted by molar-refractivity contribution is 8.13. The Bertz CT molecular complexity index is 470. The Kier molecular flexibility index (Phi) is 1.88. The van der Waals surface area contributed by atoms with Gasteiger partial charge in [-0.15, -0.1) is 0 Å². The first-order chi connectivity index (χ1) is 7.61. The molecular formula is C9H11N4O2S+. The first-order valence-electron chi connectivity index (χ1n) is 5.01. The number of imide groups is 1. The summed E-state index contributed by atoms with van der Waals surface area (Å²) in [4.78, 5) is 30.7. The summed E-state index contributed by atoms with van der Waals surface area (Å²) in [6, 6.07) is -0.704. The van der Waals surface area contributed by atoms with Crippen molar-refractivity contribution in [3.05, 3.63) is 0 Å². The van der Waals surface area contributed by atoms with E-state index in [2.05, 4.69) is 4.99 Å². The van der Waals surface area contributed by atoms with E-state index >= 15 is 0 Å². The van der Waals surface area contributed by atoms with Crippen LogP contribution < -0.4 is 0 Å². The molecular weight excluding hydrogens is 228 g/mol. The second kappa shape index (κ2) is 3.07. The van der Waals surface area contributed by atoms with Crippen molar-refractivity contribution in [2.75, 3.05) is 26.4 Å². The molecule has 0 aromatic heterocycles. The molecule has 0 N–H and O–H groups in total. The third kappa shape index (κ3) is 1.03. The molecule has 3 aliphatic rings. The van der Waals surface area contributed by atoms with Crippen molar-refractivity contribution in [3.63, 3.8) is 0 Å². The number of carbonyl (C=O) groups excluding carboxylic acids is 2. The molecule has 1 saturated heterocycles. The molecule has 84 valence electrons. The highest BCUT2D eigenvalue weighted by atomic mass is 32.2. The molecule has 3 heterocycles. The third-order valence-corrected chi connectivity index (χ3v) is 4.03. The lowest BCUT2D eigenvalue weighted by Gasteiger charge is -2.30. The van der Waals surface area contributed by atoms with E-state index in [9.17, 15) is 9.59 Å². The van der Waals surface area contributed by atoms with E-state index in [0.29, 0.717) is 5.84 Å². The minimum atomic E-state index is -0.391. The normalized spacial score (nSPS) is 28.6. The number of nitrogens with zero attached hydrogens (tertiary/aromatic N) is 4. The van der Waals surface area contributed by atoms with Crippen molar-refractivity contribution in [2.45, 2.75) is 6.04 Å². The van der Waals surface area contributed by atoms with Gasteiger partial charge >= 0.3 is 11.2 Å². The smallest absolute Gasteiger partial charge is 0.269 e. The van der Waals surface area contributed by atoms with Crippen molar-refractivity contribution in [2.24, 2.45) is 4.99 Å². The van der Waals surface area contributed by atoms with Crippen LogP contribution in [0.4, 0.5) is 4.79 Å². The summed E-state index contributed by atoms with van der Waals surface area (Å²) in [6.07, 6.45) is 0. The number of fused-ring (bicyclic) bond motifs is 2. The Labute approximate surface area is 96.6 Å². The topological polar surface area (TPSA) is 56.0 Å². The van der Waals surface area contributed by atoms with E-state index in [0.717, 1.165) is 22.4 Å². The minimum absolute atomic E-state index is 0.181. The van der Waals surface area contributed by atoms with Gasteiger partial charge in [-0.25, -0.2) is 9.37 Å². The van der Waals surface area contributed by atoms with Crippen LogP contribution in [0.3, 0.4) is 0 Å². The number of hydrogen-bond donors (Lipinski definition) is 0. The molecule has 1 atom stereocenters. The summed E-state index contributed by atoms with van der Waals surface area (Å²) < 4.78 is 1.97. The average Bonchev–Trinajstić information content (AvgIpc) is 2.82. The molecule has 3 aliphatic heterocycles. The fourth-order valence-corrected chi connectivity index (χ4v) is 3.14. The molecule has 1 unspecified atom stereocenters. The lowest BCUT2D eigenvalue weighted by Crippen LogP contribution is -2.61. The Hall–Kier alpha value is -1.37. The molecule has 0 saturated carbocycles. The predicted molar refractivity (Wildman–Crippen MR) is 59.7 cm³/mol. The zero-order valence-corrected chi connectivity index (χ0v) is 9.82. The van der Waals surface area contributed by atoms with Crippen LogP contribution >= 0.6 is 11.8 Å². The molecule has 1 fully saturated rings. The van der Waals surface area contributed by atoms with E-state index in [-0.39, 0.29) is 11.9 Å². The first-order valence-corrected chi connectivity index (χ1v) is 6.00. The van der Waals surface area contributed by atoms with E-state index in [1.54, 1.807) is 18.8 Å². The zero-order chi connectivity index (χ0) is 11.4. The summed E-state index contributed by atoms with van der Waals surface area (Å²) >= 11 is 1.63. The quantitative estimate of drug-likeness (QED) is 0.531. The van der Waals surface area contributed by atoms with E-state index in [1.165, 1.54) is 11.9 Å². The van der Waals surface area contributed by atoms with Crippen LogP contribution in [-0.4, -0.2) is 69.8 Å². The van der Waals surface area contributed by atoms with Crippen LogP contribution in [0.1, 0.15) is 0 Å². The van der Waals surface area contributed by atoms with Crippen molar-refractivity contribution >= 4 is 34.7 Å². The van der Waals surface area contributed by atoms with Crippen LogP contribution in [0.2, 0.25) is 0 Å². The Morgan fingerprint density at radius 3 is 2.88 bits per heavy atom. The Morgan fingerprint density at radius 2 is 2.12 bits per heavy atom. The van der Waals surface area contributed by atoms with Crippen LogP contribution in [0, 0.1) is 0 Å². The van der Waals surface area contributed by atoms with Crippen molar-refractivity contribution in [3.8, 4) is 0 Å². The van der Waals surface area contributed by atoms with E-state index in [4.69, 9.17) is 0 Å². The van der Waals surface area contributed by atoms with Gasteiger partial charge in [0.05, 0.1) is 6.54 Å². The van der Waals surface area contributed by atoms with Crippen molar-refractivity contribution in [1.82, 2.24) is 9.80 Å². The number of amides is 3. The van der Waals surface area contributed by atoms with Gasteiger partial charge < -0.3 is 0 Å². The van der Waals surface area contributed by atoms with Gasteiger partial charge in [-0.2, -0.15) is 0 Å². The second-order valence-corrected chi connectivity index (χ2v) is 5.00. The maximum atomic E-state index is 12.0. The Morgan fingerprint density at radius 1 is 1.38 bits per heavy atom. The molecule has 6 nitrogen and oxygen atoms in total. The van der Waals surface area contributed by atoms with Gasteiger partial charge in [-0.05, 0) is 16.8 Å². The van der Waals surface area contributed by atoms with Gasteiger partial charge in [-0.3, -0.25) is 14.6 Å². The number of carbonyl (C=O) groups is 2. The van der Waals surface area contributed by atoms with Crippen LogP contribution in [0.25, 0.3) is 0 Å². The lowest BCUT2D eigenvalue weighted by atomic mass is 10.1. The van der Waals surface area contributed by atoms with Crippen molar-refractivity contribution < 1.29 is 14.2 Å². The molecule has 0 spiro atoms. The Balaban J connectivity index is 2.07. The summed E-state index contributed by atoms with van der Waals surface area (Å²) in [7, 11) is 3.17. The number of hydrogen-bond acceptors (Lipinski definition) is 4. The monoisotopic (exact) mass is 239 g/mol. The average molecular weight is 239 g/mol. The summed E-state index contributed by atoms with van der Waals surface area (Å²) in [6.45, 7) is 0.819. The van der Waals surface area contributed by atoms with Gasteiger partial charge in [0.15, 0.2) is 0 Å². The van der Waals surface area contributed by atoms with Gasteiger partial charge in [0.25, 0.3) is 17.8 Å². The maximum Gasteiger partial charge on any atom is 0.358 e. The summed E-state index contributed by atoms with van der Waals surface area (Å²) in [5.74, 6) is 1.34. The van der Waals surface area contributed by atoms with E-state index in [1.807, 2.05) is 4.58 Å². The molecule has 0 bridgehead atoms. The summed E-state index contributed by atoms with van der Waals surface area (Å²) in [5.41, 5.74) is 0. The van der Waals surface area contributed by atoms with Gasteiger partial charge in [0.2, 0.25) is 0 Å². The number of urea groups is 1. The molecule has 3 rings (SSSR count). The molecule has 7 heteroatoms. The lowest BCUT2D eigenvalue weighted by molar-refractivity contribution is -0.525. The zero-order valence-electron chi connectivity index (χ0n) is 9.01. The fraction of sp³-hybridized carbons (Fsp3) is 0.556. The second-order valence-electron chi connectivity index (χ2n) is 3.94. The van der Waals surface area contributed by atoms with Crippen molar-refractivity contribution in [1.29, 1.82) is 0 Å². The first kappa shape index (κ1) is 9.83.